The second kappa shape index (κ2) is 8.64. The van der Waals surface area contributed by atoms with Gasteiger partial charge >= 0.3 is 6.09 Å². The van der Waals surface area contributed by atoms with Gasteiger partial charge in [-0.3, -0.25) is 0 Å². The minimum atomic E-state index is -0.483. The molecule has 1 amide bonds. The Morgan fingerprint density at radius 1 is 1.43 bits per heavy atom. The number of carbonyl (C=O) groups excluding carboxylic acids is 1. The Morgan fingerprint density at radius 3 is 2.65 bits per heavy atom. The van der Waals surface area contributed by atoms with Crippen LogP contribution >= 0.6 is 15.9 Å². The van der Waals surface area contributed by atoms with Crippen molar-refractivity contribution < 1.29 is 13.9 Å². The average molecular weight is 389 g/mol. The zero-order valence-electron chi connectivity index (χ0n) is 14.5. The zero-order valence-corrected chi connectivity index (χ0v) is 16.0. The van der Waals surface area contributed by atoms with E-state index in [-0.39, 0.29) is 17.8 Å². The first-order chi connectivity index (χ1) is 10.6. The molecule has 0 aliphatic rings. The Bertz CT molecular complexity index is 532. The van der Waals surface area contributed by atoms with E-state index in [0.29, 0.717) is 17.6 Å². The zero-order chi connectivity index (χ0) is 17.6. The quantitative estimate of drug-likeness (QED) is 0.794. The summed E-state index contributed by atoms with van der Waals surface area (Å²) in [7, 11) is 1.74. The van der Waals surface area contributed by atoms with Gasteiger partial charge in [0.2, 0.25) is 0 Å². The third kappa shape index (κ3) is 7.79. The molecule has 0 saturated carbocycles. The summed E-state index contributed by atoms with van der Waals surface area (Å²) in [4.78, 5) is 13.5. The second-order valence-corrected chi connectivity index (χ2v) is 7.70. The van der Waals surface area contributed by atoms with E-state index in [1.54, 1.807) is 24.1 Å². The molecule has 0 heterocycles. The molecule has 1 unspecified atom stereocenters. The number of nitrogens with one attached hydrogen (secondary N) is 1. The van der Waals surface area contributed by atoms with Crippen molar-refractivity contribution in [3.63, 3.8) is 0 Å². The van der Waals surface area contributed by atoms with E-state index in [1.807, 2.05) is 20.8 Å². The number of amides is 1. The molecule has 23 heavy (non-hydrogen) atoms. The van der Waals surface area contributed by atoms with Crippen LogP contribution in [0.5, 0.6) is 0 Å². The van der Waals surface area contributed by atoms with Gasteiger partial charge < -0.3 is 15.0 Å². The van der Waals surface area contributed by atoms with Crippen molar-refractivity contribution in [1.29, 1.82) is 0 Å². The molecule has 4 nitrogen and oxygen atoms in total. The number of rotatable bonds is 6. The standard InChI is InChI=1S/C17H26BrFN2O2/c1-12(11-21(5)16(22)23-17(2,3)4)9-20-10-13-6-7-15(19)14(18)8-13/h6-8,12,20H,9-11H2,1-5H3. The van der Waals surface area contributed by atoms with E-state index in [9.17, 15) is 9.18 Å². The van der Waals surface area contributed by atoms with Gasteiger partial charge in [0.1, 0.15) is 11.4 Å². The number of hydrogen-bond donors (Lipinski definition) is 1. The first-order valence-corrected chi connectivity index (χ1v) is 8.46. The van der Waals surface area contributed by atoms with Crippen molar-refractivity contribution in [2.24, 2.45) is 5.92 Å². The van der Waals surface area contributed by atoms with Crippen LogP contribution in [0.2, 0.25) is 0 Å². The highest BCUT2D eigenvalue weighted by Gasteiger charge is 2.20. The highest BCUT2D eigenvalue weighted by Crippen LogP contribution is 2.16. The molecule has 1 N–H and O–H groups in total. The molecule has 1 aromatic carbocycles. The molecule has 0 fully saturated rings. The van der Waals surface area contributed by atoms with Crippen molar-refractivity contribution in [2.75, 3.05) is 20.1 Å². The molecule has 1 aromatic rings. The molecule has 1 atom stereocenters. The number of hydrogen-bond acceptors (Lipinski definition) is 3. The summed E-state index contributed by atoms with van der Waals surface area (Å²) in [5.74, 6) is 0.0116. The van der Waals surface area contributed by atoms with Crippen LogP contribution in [-0.4, -0.2) is 36.7 Å². The molecular formula is C17H26BrFN2O2. The van der Waals surface area contributed by atoms with Crippen LogP contribution in [0, 0.1) is 11.7 Å². The summed E-state index contributed by atoms with van der Waals surface area (Å²) in [6.45, 7) is 9.63. The van der Waals surface area contributed by atoms with Gasteiger partial charge in [-0.2, -0.15) is 0 Å². The summed E-state index contributed by atoms with van der Waals surface area (Å²) in [6, 6.07) is 4.96. The highest BCUT2D eigenvalue weighted by molar-refractivity contribution is 9.10. The van der Waals surface area contributed by atoms with Crippen molar-refractivity contribution >= 4 is 22.0 Å². The van der Waals surface area contributed by atoms with E-state index >= 15 is 0 Å². The number of ether oxygens (including phenoxy) is 1. The SMILES string of the molecule is CC(CNCc1ccc(F)c(Br)c1)CN(C)C(=O)OC(C)(C)C. The molecule has 0 spiro atoms. The van der Waals surface area contributed by atoms with E-state index < -0.39 is 5.60 Å². The number of nitrogens with zero attached hydrogens (tertiary/aromatic N) is 1. The molecule has 0 aliphatic heterocycles. The third-order valence-corrected chi connectivity index (χ3v) is 3.70. The van der Waals surface area contributed by atoms with Gasteiger partial charge in [0, 0.05) is 20.1 Å². The minimum Gasteiger partial charge on any atom is -0.444 e. The Balaban J connectivity index is 2.34. The topological polar surface area (TPSA) is 41.6 Å². The maximum Gasteiger partial charge on any atom is 0.410 e. The number of carbonyl (C=O) groups is 1. The maximum absolute atomic E-state index is 13.2. The Labute approximate surface area is 146 Å². The minimum absolute atomic E-state index is 0.263. The molecule has 0 saturated heterocycles. The van der Waals surface area contributed by atoms with Crippen LogP contribution in [0.25, 0.3) is 0 Å². The molecular weight excluding hydrogens is 363 g/mol. The van der Waals surface area contributed by atoms with Gasteiger partial charge in [0.25, 0.3) is 0 Å². The van der Waals surface area contributed by atoms with Gasteiger partial charge in [0.05, 0.1) is 4.47 Å². The summed E-state index contributed by atoms with van der Waals surface area (Å²) >= 11 is 3.18. The Kier molecular flexibility index (Phi) is 7.48. The first-order valence-electron chi connectivity index (χ1n) is 7.67. The smallest absolute Gasteiger partial charge is 0.410 e. The van der Waals surface area contributed by atoms with Gasteiger partial charge in [-0.25, -0.2) is 9.18 Å². The highest BCUT2D eigenvalue weighted by atomic mass is 79.9. The third-order valence-electron chi connectivity index (χ3n) is 3.10. The van der Waals surface area contributed by atoms with Gasteiger partial charge in [0.15, 0.2) is 0 Å². The van der Waals surface area contributed by atoms with E-state index in [2.05, 4.69) is 28.2 Å². The van der Waals surface area contributed by atoms with Crippen molar-refractivity contribution in [3.05, 3.63) is 34.1 Å². The van der Waals surface area contributed by atoms with E-state index in [0.717, 1.165) is 12.1 Å². The lowest BCUT2D eigenvalue weighted by Gasteiger charge is -2.26. The van der Waals surface area contributed by atoms with Crippen LogP contribution in [0.4, 0.5) is 9.18 Å². The molecule has 130 valence electrons. The van der Waals surface area contributed by atoms with Gasteiger partial charge in [-0.05, 0) is 66.9 Å². The van der Waals surface area contributed by atoms with Gasteiger partial charge in [-0.15, -0.1) is 0 Å². The molecule has 0 aromatic heterocycles. The Hall–Kier alpha value is -1.14. The summed E-state index contributed by atoms with van der Waals surface area (Å²) in [5.41, 5.74) is 0.522. The van der Waals surface area contributed by atoms with Crippen LogP contribution < -0.4 is 5.32 Å². The largest absolute Gasteiger partial charge is 0.444 e. The first kappa shape index (κ1) is 19.9. The van der Waals surface area contributed by atoms with Crippen LogP contribution in [0.15, 0.2) is 22.7 Å². The summed E-state index contributed by atoms with van der Waals surface area (Å²) in [5, 5.41) is 3.32. The number of benzene rings is 1. The normalized spacial score (nSPS) is 12.8. The monoisotopic (exact) mass is 388 g/mol. The average Bonchev–Trinajstić information content (AvgIpc) is 2.40. The fourth-order valence-corrected chi connectivity index (χ4v) is 2.49. The fourth-order valence-electron chi connectivity index (χ4n) is 2.06. The summed E-state index contributed by atoms with van der Waals surface area (Å²) < 4.78 is 19.0. The molecule has 0 radical (unpaired) electrons. The predicted octanol–water partition coefficient (Wildman–Crippen LogP) is 4.18. The van der Waals surface area contributed by atoms with E-state index in [4.69, 9.17) is 4.74 Å². The predicted molar refractivity (Wildman–Crippen MR) is 93.8 cm³/mol. The molecule has 6 heteroatoms. The van der Waals surface area contributed by atoms with Crippen LogP contribution in [-0.2, 0) is 11.3 Å². The maximum atomic E-state index is 13.2. The van der Waals surface area contributed by atoms with Crippen molar-refractivity contribution in [1.82, 2.24) is 10.2 Å². The molecule has 1 rings (SSSR count). The number of halogens is 2. The fraction of sp³-hybridized carbons (Fsp3) is 0.588. The molecule has 0 bridgehead atoms. The lowest BCUT2D eigenvalue weighted by Crippen LogP contribution is -2.38. The molecule has 0 aliphatic carbocycles. The van der Waals surface area contributed by atoms with Crippen molar-refractivity contribution in [3.8, 4) is 0 Å². The lowest BCUT2D eigenvalue weighted by molar-refractivity contribution is 0.0277. The lowest BCUT2D eigenvalue weighted by atomic mass is 10.1. The summed E-state index contributed by atoms with van der Waals surface area (Å²) in [6.07, 6.45) is -0.313. The Morgan fingerprint density at radius 2 is 2.09 bits per heavy atom. The van der Waals surface area contributed by atoms with Crippen molar-refractivity contribution in [2.45, 2.75) is 39.8 Å². The van der Waals surface area contributed by atoms with Crippen LogP contribution in [0.3, 0.4) is 0 Å². The van der Waals surface area contributed by atoms with Crippen LogP contribution in [0.1, 0.15) is 33.3 Å². The second-order valence-electron chi connectivity index (χ2n) is 6.85. The van der Waals surface area contributed by atoms with E-state index in [1.165, 1.54) is 6.07 Å². The van der Waals surface area contributed by atoms with Gasteiger partial charge in [-0.1, -0.05) is 13.0 Å².